The average molecular weight is 395 g/mol. The third-order valence-corrected chi connectivity index (χ3v) is 5.48. The quantitative estimate of drug-likeness (QED) is 0.656. The van der Waals surface area contributed by atoms with Crippen molar-refractivity contribution >= 4 is 16.9 Å². The van der Waals surface area contributed by atoms with Crippen molar-refractivity contribution in [3.8, 4) is 11.8 Å². The first-order valence-electron chi connectivity index (χ1n) is 9.77. The summed E-state index contributed by atoms with van der Waals surface area (Å²) >= 11 is 0. The minimum absolute atomic E-state index is 0.0383. The molecule has 0 bridgehead atoms. The maximum Gasteiger partial charge on any atom is 0.261 e. The molecule has 1 fully saturated rings. The third kappa shape index (κ3) is 3.87. The van der Waals surface area contributed by atoms with Gasteiger partial charge in [0.2, 0.25) is 17.7 Å². The molecule has 0 aliphatic carbocycles. The van der Waals surface area contributed by atoms with Crippen molar-refractivity contribution in [1.82, 2.24) is 19.5 Å². The molecule has 3 aromatic rings. The highest BCUT2D eigenvalue weighted by Crippen LogP contribution is 2.25. The summed E-state index contributed by atoms with van der Waals surface area (Å²) in [6.07, 6.45) is 1.89. The zero-order chi connectivity index (χ0) is 20.4. The summed E-state index contributed by atoms with van der Waals surface area (Å²) in [5, 5.41) is 0.674. The number of hydrogen-bond acceptors (Lipinski definition) is 7. The predicted octanol–water partition coefficient (Wildman–Crippen LogP) is 2.43. The Morgan fingerprint density at radius 1 is 1.03 bits per heavy atom. The van der Waals surface area contributed by atoms with Gasteiger partial charge in [-0.25, -0.2) is 4.98 Å². The van der Waals surface area contributed by atoms with Gasteiger partial charge in [-0.05, 0) is 37.8 Å². The minimum Gasteiger partial charge on any atom is -0.481 e. The highest BCUT2D eigenvalue weighted by Gasteiger charge is 2.23. The lowest BCUT2D eigenvalue weighted by Gasteiger charge is -2.32. The molecule has 0 amide bonds. The SMILES string of the molecule is COc1cc(OC)nc(N2CCC(Cn3c(C)nc4ccccc4c3=O)CC2)n1. The molecule has 4 rings (SSSR count). The van der Waals surface area contributed by atoms with Crippen LogP contribution in [0.5, 0.6) is 11.8 Å². The van der Waals surface area contributed by atoms with Crippen LogP contribution in [0.15, 0.2) is 35.1 Å². The molecule has 1 aromatic carbocycles. The van der Waals surface area contributed by atoms with E-state index in [9.17, 15) is 4.79 Å². The van der Waals surface area contributed by atoms with Crippen LogP contribution in [0.3, 0.4) is 0 Å². The summed E-state index contributed by atoms with van der Waals surface area (Å²) in [6.45, 7) is 4.21. The number of rotatable bonds is 5. The van der Waals surface area contributed by atoms with Gasteiger partial charge >= 0.3 is 0 Å². The first-order chi connectivity index (χ1) is 14.1. The number of benzene rings is 1. The Hall–Kier alpha value is -3.16. The van der Waals surface area contributed by atoms with Crippen molar-refractivity contribution in [3.05, 3.63) is 46.5 Å². The first kappa shape index (κ1) is 19.2. The van der Waals surface area contributed by atoms with Crippen LogP contribution in [0.2, 0.25) is 0 Å². The maximum atomic E-state index is 12.9. The van der Waals surface area contributed by atoms with E-state index < -0.39 is 0 Å². The number of fused-ring (bicyclic) bond motifs is 1. The minimum atomic E-state index is 0.0383. The highest BCUT2D eigenvalue weighted by molar-refractivity contribution is 5.77. The van der Waals surface area contributed by atoms with Crippen LogP contribution in [0.1, 0.15) is 18.7 Å². The Morgan fingerprint density at radius 2 is 1.69 bits per heavy atom. The molecule has 1 aliphatic heterocycles. The summed E-state index contributed by atoms with van der Waals surface area (Å²) < 4.78 is 12.3. The molecule has 8 nitrogen and oxygen atoms in total. The lowest BCUT2D eigenvalue weighted by Crippen LogP contribution is -2.37. The summed E-state index contributed by atoms with van der Waals surface area (Å²) in [7, 11) is 3.16. The van der Waals surface area contributed by atoms with Gasteiger partial charge in [-0.1, -0.05) is 12.1 Å². The standard InChI is InChI=1S/C21H25N5O3/c1-14-22-17-7-5-4-6-16(17)20(27)26(14)13-15-8-10-25(11-9-15)21-23-18(28-2)12-19(24-21)29-3/h4-7,12,15H,8-11,13H2,1-3H3. The van der Waals surface area contributed by atoms with Gasteiger partial charge in [0, 0.05) is 19.6 Å². The van der Waals surface area contributed by atoms with Gasteiger partial charge in [0.15, 0.2) is 0 Å². The molecule has 2 aromatic heterocycles. The molecule has 0 saturated carbocycles. The average Bonchev–Trinajstić information content (AvgIpc) is 2.76. The molecular formula is C21H25N5O3. The molecule has 0 unspecified atom stereocenters. The van der Waals surface area contributed by atoms with Crippen molar-refractivity contribution in [2.45, 2.75) is 26.3 Å². The van der Waals surface area contributed by atoms with E-state index in [0.717, 1.165) is 37.3 Å². The Labute approximate surface area is 169 Å². The number of aromatic nitrogens is 4. The molecule has 152 valence electrons. The number of anilines is 1. The summed E-state index contributed by atoms with van der Waals surface area (Å²) in [6, 6.07) is 9.18. The number of piperidine rings is 1. The summed E-state index contributed by atoms with van der Waals surface area (Å²) in [5.41, 5.74) is 0.793. The number of aryl methyl sites for hydroxylation is 1. The van der Waals surface area contributed by atoms with Crippen LogP contribution in [0.25, 0.3) is 10.9 Å². The molecule has 29 heavy (non-hydrogen) atoms. The summed E-state index contributed by atoms with van der Waals surface area (Å²) in [4.78, 5) is 28.5. The van der Waals surface area contributed by atoms with E-state index in [1.54, 1.807) is 20.3 Å². The second-order valence-electron chi connectivity index (χ2n) is 7.28. The molecule has 8 heteroatoms. The first-order valence-corrected chi connectivity index (χ1v) is 9.77. The fourth-order valence-electron chi connectivity index (χ4n) is 3.81. The van der Waals surface area contributed by atoms with Crippen molar-refractivity contribution in [2.24, 2.45) is 5.92 Å². The van der Waals surface area contributed by atoms with Gasteiger partial charge in [-0.2, -0.15) is 9.97 Å². The van der Waals surface area contributed by atoms with E-state index in [1.807, 2.05) is 35.8 Å². The fourth-order valence-corrected chi connectivity index (χ4v) is 3.81. The van der Waals surface area contributed by atoms with Crippen LogP contribution >= 0.6 is 0 Å². The van der Waals surface area contributed by atoms with Gasteiger partial charge in [0.1, 0.15) is 5.82 Å². The largest absolute Gasteiger partial charge is 0.481 e. The van der Waals surface area contributed by atoms with E-state index in [1.165, 1.54) is 0 Å². The van der Waals surface area contributed by atoms with Crippen LogP contribution < -0.4 is 19.9 Å². The fraction of sp³-hybridized carbons (Fsp3) is 0.429. The molecule has 0 atom stereocenters. The molecule has 0 N–H and O–H groups in total. The second-order valence-corrected chi connectivity index (χ2v) is 7.28. The van der Waals surface area contributed by atoms with Crippen molar-refractivity contribution < 1.29 is 9.47 Å². The monoisotopic (exact) mass is 395 g/mol. The Bertz CT molecular complexity index is 1050. The van der Waals surface area contributed by atoms with Gasteiger partial charge in [0.25, 0.3) is 5.56 Å². The zero-order valence-electron chi connectivity index (χ0n) is 17.0. The van der Waals surface area contributed by atoms with Crippen LogP contribution in [-0.2, 0) is 6.54 Å². The molecule has 3 heterocycles. The van der Waals surface area contributed by atoms with Crippen molar-refractivity contribution in [1.29, 1.82) is 0 Å². The van der Waals surface area contributed by atoms with Crippen molar-refractivity contribution in [3.63, 3.8) is 0 Å². The van der Waals surface area contributed by atoms with E-state index in [0.29, 0.717) is 35.6 Å². The molecule has 1 aliphatic rings. The zero-order valence-corrected chi connectivity index (χ0v) is 17.0. The van der Waals surface area contributed by atoms with E-state index in [4.69, 9.17) is 9.47 Å². The maximum absolute atomic E-state index is 12.9. The third-order valence-electron chi connectivity index (χ3n) is 5.48. The van der Waals surface area contributed by atoms with Crippen molar-refractivity contribution in [2.75, 3.05) is 32.2 Å². The van der Waals surface area contributed by atoms with Gasteiger partial charge in [-0.3, -0.25) is 9.36 Å². The molecule has 0 spiro atoms. The Kier molecular flexibility index (Phi) is 5.33. The van der Waals surface area contributed by atoms with Crippen LogP contribution in [-0.4, -0.2) is 46.8 Å². The number of nitrogens with zero attached hydrogens (tertiary/aromatic N) is 5. The number of para-hydroxylation sites is 1. The Balaban J connectivity index is 1.49. The number of ether oxygens (including phenoxy) is 2. The summed E-state index contributed by atoms with van der Waals surface area (Å²) in [5.74, 6) is 2.74. The highest BCUT2D eigenvalue weighted by atomic mass is 16.5. The molecular weight excluding hydrogens is 370 g/mol. The molecule has 0 radical (unpaired) electrons. The lowest BCUT2D eigenvalue weighted by molar-refractivity contribution is 0.342. The topological polar surface area (TPSA) is 82.4 Å². The number of methoxy groups -OCH3 is 2. The van der Waals surface area contributed by atoms with E-state index in [2.05, 4.69) is 19.9 Å². The molecule has 1 saturated heterocycles. The van der Waals surface area contributed by atoms with E-state index >= 15 is 0 Å². The lowest BCUT2D eigenvalue weighted by atomic mass is 9.96. The smallest absolute Gasteiger partial charge is 0.261 e. The second kappa shape index (κ2) is 8.06. The van der Waals surface area contributed by atoms with Crippen LogP contribution in [0.4, 0.5) is 5.95 Å². The van der Waals surface area contributed by atoms with Gasteiger partial charge < -0.3 is 14.4 Å². The number of hydrogen-bond donors (Lipinski definition) is 0. The Morgan fingerprint density at radius 3 is 2.34 bits per heavy atom. The predicted molar refractivity (Wildman–Crippen MR) is 111 cm³/mol. The van der Waals surface area contributed by atoms with E-state index in [-0.39, 0.29) is 5.56 Å². The van der Waals surface area contributed by atoms with Gasteiger partial charge in [0.05, 0.1) is 31.2 Å². The van der Waals surface area contributed by atoms with Gasteiger partial charge in [-0.15, -0.1) is 0 Å². The normalized spacial score (nSPS) is 14.9. The van der Waals surface area contributed by atoms with Crippen LogP contribution in [0, 0.1) is 12.8 Å².